The second-order valence-corrected chi connectivity index (χ2v) is 5.31. The van der Waals surface area contributed by atoms with E-state index in [-0.39, 0.29) is 23.1 Å². The van der Waals surface area contributed by atoms with Crippen LogP contribution in [0.4, 0.5) is 13.2 Å². The largest absolute Gasteiger partial charge is 0.490 e. The fourth-order valence-electron chi connectivity index (χ4n) is 2.26. The van der Waals surface area contributed by atoms with Gasteiger partial charge in [-0.3, -0.25) is 9.59 Å². The number of nitrogens with zero attached hydrogens (tertiary/aromatic N) is 2. The number of hydrogen-bond donors (Lipinski definition) is 3. The SMILES string of the molecule is CNC(=O)C1CCCN1C(=O)c1ccc(C(=O)O)nc1.O=C(O)C(F)(F)F. The Bertz CT molecular complexity index is 721. The van der Waals surface area contributed by atoms with E-state index in [0.29, 0.717) is 13.0 Å². The molecule has 1 unspecified atom stereocenters. The van der Waals surface area contributed by atoms with E-state index < -0.39 is 24.2 Å². The second-order valence-electron chi connectivity index (χ2n) is 5.31. The summed E-state index contributed by atoms with van der Waals surface area (Å²) in [5.74, 6) is -4.40. The van der Waals surface area contributed by atoms with E-state index in [1.165, 1.54) is 30.3 Å². The van der Waals surface area contributed by atoms with Crippen LogP contribution in [0, 0.1) is 0 Å². The van der Waals surface area contributed by atoms with Crippen molar-refractivity contribution < 1.29 is 42.6 Å². The standard InChI is InChI=1S/C13H15N3O4.C2HF3O2/c1-14-11(17)10-3-2-6-16(10)12(18)8-4-5-9(13(19)20)15-7-8;3-2(4,5)1(6)7/h4-5,7,10H,2-3,6H2,1H3,(H,14,17)(H,19,20);(H,6,7). The zero-order valence-electron chi connectivity index (χ0n) is 14.0. The summed E-state index contributed by atoms with van der Waals surface area (Å²) in [6.45, 7) is 0.512. The normalized spacial score (nSPS) is 16.1. The maximum absolute atomic E-state index is 12.3. The summed E-state index contributed by atoms with van der Waals surface area (Å²) in [5, 5.41) is 18.4. The molecule has 0 spiro atoms. The summed E-state index contributed by atoms with van der Waals surface area (Å²) in [6.07, 6.45) is -2.46. The number of aromatic carboxylic acids is 1. The number of halogens is 3. The smallest absolute Gasteiger partial charge is 0.477 e. The van der Waals surface area contributed by atoms with Crippen molar-refractivity contribution >= 4 is 23.8 Å². The molecule has 1 aromatic heterocycles. The minimum Gasteiger partial charge on any atom is -0.477 e. The van der Waals surface area contributed by atoms with E-state index in [1.54, 1.807) is 0 Å². The number of pyridine rings is 1. The third-order valence-electron chi connectivity index (χ3n) is 3.53. The zero-order chi connectivity index (χ0) is 20.8. The fraction of sp³-hybridized carbons (Fsp3) is 0.400. The third kappa shape index (κ3) is 5.94. The number of aliphatic carboxylic acids is 1. The van der Waals surface area contributed by atoms with Crippen molar-refractivity contribution in [1.29, 1.82) is 0 Å². The van der Waals surface area contributed by atoms with Crippen molar-refractivity contribution in [2.75, 3.05) is 13.6 Å². The van der Waals surface area contributed by atoms with Crippen molar-refractivity contribution in [3.8, 4) is 0 Å². The highest BCUT2D eigenvalue weighted by atomic mass is 19.4. The first-order chi connectivity index (χ1) is 12.5. The Hall–Kier alpha value is -3.18. The summed E-state index contributed by atoms with van der Waals surface area (Å²) in [5.41, 5.74) is 0.164. The maximum atomic E-state index is 12.3. The van der Waals surface area contributed by atoms with Crippen LogP contribution in [0.15, 0.2) is 18.3 Å². The van der Waals surface area contributed by atoms with E-state index in [9.17, 15) is 27.6 Å². The molecule has 27 heavy (non-hydrogen) atoms. The van der Waals surface area contributed by atoms with Crippen molar-refractivity contribution in [3.63, 3.8) is 0 Å². The van der Waals surface area contributed by atoms with Gasteiger partial charge in [-0.05, 0) is 25.0 Å². The summed E-state index contributed by atoms with van der Waals surface area (Å²) in [7, 11) is 1.53. The number of hydrogen-bond acceptors (Lipinski definition) is 5. The molecule has 0 saturated carbocycles. The van der Waals surface area contributed by atoms with Crippen molar-refractivity contribution in [1.82, 2.24) is 15.2 Å². The Balaban J connectivity index is 0.000000445. The first kappa shape index (κ1) is 21.9. The highest BCUT2D eigenvalue weighted by Crippen LogP contribution is 2.20. The van der Waals surface area contributed by atoms with Crippen molar-refractivity contribution in [3.05, 3.63) is 29.6 Å². The molecule has 3 N–H and O–H groups in total. The van der Waals surface area contributed by atoms with Gasteiger partial charge in [0, 0.05) is 19.8 Å². The van der Waals surface area contributed by atoms with Gasteiger partial charge in [-0.25, -0.2) is 14.6 Å². The van der Waals surface area contributed by atoms with Crippen LogP contribution in [0.25, 0.3) is 0 Å². The minimum atomic E-state index is -5.08. The molecule has 2 rings (SSSR count). The summed E-state index contributed by atoms with van der Waals surface area (Å²) < 4.78 is 31.7. The van der Waals surface area contributed by atoms with Crippen molar-refractivity contribution in [2.45, 2.75) is 25.1 Å². The van der Waals surface area contributed by atoms with Crippen LogP contribution in [-0.4, -0.2) is 69.7 Å². The molecule has 0 radical (unpaired) electrons. The minimum absolute atomic E-state index is 0.120. The van der Waals surface area contributed by atoms with Crippen LogP contribution in [-0.2, 0) is 9.59 Å². The first-order valence-corrected chi connectivity index (χ1v) is 7.51. The summed E-state index contributed by atoms with van der Waals surface area (Å²) in [4.78, 5) is 48.8. The van der Waals surface area contributed by atoms with Gasteiger partial charge < -0.3 is 20.4 Å². The molecule has 0 bridgehead atoms. The van der Waals surface area contributed by atoms with Crippen LogP contribution in [0.1, 0.15) is 33.7 Å². The first-order valence-electron chi connectivity index (χ1n) is 7.51. The van der Waals surface area contributed by atoms with Gasteiger partial charge in [-0.15, -0.1) is 0 Å². The predicted octanol–water partition coefficient (Wildman–Crippen LogP) is 0.764. The van der Waals surface area contributed by atoms with Gasteiger partial charge in [-0.1, -0.05) is 0 Å². The van der Waals surface area contributed by atoms with Crippen LogP contribution in [0.5, 0.6) is 0 Å². The molecule has 9 nitrogen and oxygen atoms in total. The summed E-state index contributed by atoms with van der Waals surface area (Å²) >= 11 is 0. The number of alkyl halides is 3. The average molecular weight is 391 g/mol. The quantitative estimate of drug-likeness (QED) is 0.692. The molecule has 1 fully saturated rings. The Morgan fingerprint density at radius 3 is 2.22 bits per heavy atom. The number of rotatable bonds is 3. The number of carboxylic acids is 2. The Kier molecular flexibility index (Phi) is 7.26. The molecule has 0 aliphatic carbocycles. The topological polar surface area (TPSA) is 137 Å². The van der Waals surface area contributed by atoms with Crippen LogP contribution >= 0.6 is 0 Å². The number of carboxylic acid groups (broad SMARTS) is 2. The number of carbonyl (C=O) groups excluding carboxylic acids is 2. The fourth-order valence-corrected chi connectivity index (χ4v) is 2.26. The molecule has 1 atom stereocenters. The van der Waals surface area contributed by atoms with E-state index >= 15 is 0 Å². The van der Waals surface area contributed by atoms with Crippen LogP contribution in [0.3, 0.4) is 0 Å². The van der Waals surface area contributed by atoms with Crippen LogP contribution in [0.2, 0.25) is 0 Å². The van der Waals surface area contributed by atoms with E-state index in [0.717, 1.165) is 6.42 Å². The summed E-state index contributed by atoms with van der Waals surface area (Å²) in [6, 6.07) is 2.23. The van der Waals surface area contributed by atoms with Gasteiger partial charge in [0.1, 0.15) is 11.7 Å². The molecule has 1 aliphatic heterocycles. The van der Waals surface area contributed by atoms with E-state index in [4.69, 9.17) is 15.0 Å². The Labute approximate surface area is 150 Å². The predicted molar refractivity (Wildman–Crippen MR) is 83.0 cm³/mol. The second kappa shape index (κ2) is 8.96. The lowest BCUT2D eigenvalue weighted by molar-refractivity contribution is -0.192. The molecule has 148 valence electrons. The molecule has 1 saturated heterocycles. The van der Waals surface area contributed by atoms with Gasteiger partial charge in [0.15, 0.2) is 0 Å². The Morgan fingerprint density at radius 1 is 1.22 bits per heavy atom. The van der Waals surface area contributed by atoms with Gasteiger partial charge in [0.05, 0.1) is 5.56 Å². The van der Waals surface area contributed by atoms with Gasteiger partial charge in [0.2, 0.25) is 5.91 Å². The van der Waals surface area contributed by atoms with E-state index in [1.807, 2.05) is 0 Å². The number of aromatic nitrogens is 1. The highest BCUT2D eigenvalue weighted by molar-refractivity contribution is 5.98. The molecule has 2 amide bonds. The van der Waals surface area contributed by atoms with Crippen molar-refractivity contribution in [2.24, 2.45) is 0 Å². The lowest BCUT2D eigenvalue weighted by Crippen LogP contribution is -2.44. The molecule has 1 aromatic rings. The Morgan fingerprint density at radius 2 is 1.81 bits per heavy atom. The van der Waals surface area contributed by atoms with Gasteiger partial charge in [0.25, 0.3) is 5.91 Å². The number of likely N-dealkylation sites (tertiary alicyclic amines) is 1. The molecular weight excluding hydrogens is 375 g/mol. The lowest BCUT2D eigenvalue weighted by Gasteiger charge is -2.23. The number of nitrogens with one attached hydrogen (secondary N) is 1. The van der Waals surface area contributed by atoms with Crippen LogP contribution < -0.4 is 5.32 Å². The lowest BCUT2D eigenvalue weighted by atomic mass is 10.2. The van der Waals surface area contributed by atoms with E-state index in [2.05, 4.69) is 10.3 Å². The monoisotopic (exact) mass is 391 g/mol. The molecule has 12 heteroatoms. The number of amides is 2. The molecule has 0 aromatic carbocycles. The average Bonchev–Trinajstić information content (AvgIpc) is 3.10. The molecular formula is C15H16F3N3O6. The number of likely N-dealkylation sites (N-methyl/N-ethyl adjacent to an activating group) is 1. The van der Waals surface area contributed by atoms with Gasteiger partial charge >= 0.3 is 18.1 Å². The third-order valence-corrected chi connectivity index (χ3v) is 3.53. The number of carbonyl (C=O) groups is 4. The van der Waals surface area contributed by atoms with Gasteiger partial charge in [-0.2, -0.15) is 13.2 Å². The highest BCUT2D eigenvalue weighted by Gasteiger charge is 2.38. The molecule has 2 heterocycles. The maximum Gasteiger partial charge on any atom is 0.490 e. The zero-order valence-corrected chi connectivity index (χ0v) is 14.0. The molecule has 1 aliphatic rings.